The minimum atomic E-state index is -0.324. The summed E-state index contributed by atoms with van der Waals surface area (Å²) >= 11 is 3.46. The smallest absolute Gasteiger partial charge is 0.228 e. The third-order valence-corrected chi connectivity index (χ3v) is 4.64. The number of hydrogen-bond donors (Lipinski definition) is 0. The number of amides is 2. The van der Waals surface area contributed by atoms with Crippen molar-refractivity contribution in [1.82, 2.24) is 4.90 Å². The van der Waals surface area contributed by atoms with Gasteiger partial charge < -0.3 is 14.2 Å². The molecular weight excluding hydrogens is 360 g/mol. The van der Waals surface area contributed by atoms with Crippen molar-refractivity contribution in [3.05, 3.63) is 52.9 Å². The molecule has 6 heteroatoms. The van der Waals surface area contributed by atoms with Crippen LogP contribution in [0, 0.1) is 5.92 Å². The van der Waals surface area contributed by atoms with E-state index in [9.17, 15) is 9.59 Å². The molecule has 0 radical (unpaired) electrons. The Balaban J connectivity index is 1.69. The second-order valence-electron chi connectivity index (χ2n) is 5.63. The summed E-state index contributed by atoms with van der Waals surface area (Å²) in [5.41, 5.74) is 0.807. The normalized spacial score (nSPS) is 17.6. The monoisotopic (exact) mass is 376 g/mol. The van der Waals surface area contributed by atoms with E-state index in [4.69, 9.17) is 4.42 Å². The maximum Gasteiger partial charge on any atom is 0.228 e. The molecule has 0 bridgehead atoms. The molecule has 2 heterocycles. The van der Waals surface area contributed by atoms with Crippen molar-refractivity contribution in [2.45, 2.75) is 13.0 Å². The lowest BCUT2D eigenvalue weighted by Crippen LogP contribution is -2.34. The van der Waals surface area contributed by atoms with Gasteiger partial charge in [-0.25, -0.2) is 0 Å². The van der Waals surface area contributed by atoms with Crippen molar-refractivity contribution in [1.29, 1.82) is 0 Å². The van der Waals surface area contributed by atoms with Crippen LogP contribution in [0.3, 0.4) is 0 Å². The molecule has 1 atom stereocenters. The van der Waals surface area contributed by atoms with Gasteiger partial charge in [0.1, 0.15) is 5.76 Å². The Kier molecular flexibility index (Phi) is 4.52. The quantitative estimate of drug-likeness (QED) is 0.823. The molecule has 1 aromatic heterocycles. The summed E-state index contributed by atoms with van der Waals surface area (Å²) in [5.74, 6) is 0.341. The second kappa shape index (κ2) is 6.58. The molecule has 1 aliphatic rings. The van der Waals surface area contributed by atoms with Crippen molar-refractivity contribution in [3.63, 3.8) is 0 Å². The summed E-state index contributed by atoms with van der Waals surface area (Å²) in [6.07, 6.45) is 1.82. The Morgan fingerprint density at radius 2 is 2.13 bits per heavy atom. The van der Waals surface area contributed by atoms with Crippen molar-refractivity contribution >= 4 is 33.4 Å². The number of anilines is 1. The summed E-state index contributed by atoms with van der Waals surface area (Å²) in [4.78, 5) is 28.2. The average Bonchev–Trinajstić information content (AvgIpc) is 3.17. The van der Waals surface area contributed by atoms with E-state index >= 15 is 0 Å². The van der Waals surface area contributed by atoms with Gasteiger partial charge in [-0.05, 0) is 40.2 Å². The molecule has 1 saturated heterocycles. The predicted octanol–water partition coefficient (Wildman–Crippen LogP) is 3.05. The lowest BCUT2D eigenvalue weighted by atomic mass is 10.1. The SMILES string of the molecule is CN(Cc1ccco1)C(=O)C1CC(=O)N(c2ccccc2Br)C1. The van der Waals surface area contributed by atoms with Crippen LogP contribution in [0.25, 0.3) is 0 Å². The molecule has 0 spiro atoms. The van der Waals surface area contributed by atoms with Gasteiger partial charge in [-0.3, -0.25) is 9.59 Å². The largest absolute Gasteiger partial charge is 0.467 e. The molecule has 0 saturated carbocycles. The Labute approximate surface area is 143 Å². The number of benzene rings is 1. The van der Waals surface area contributed by atoms with E-state index in [-0.39, 0.29) is 24.2 Å². The molecule has 2 amide bonds. The minimum Gasteiger partial charge on any atom is -0.467 e. The van der Waals surface area contributed by atoms with Gasteiger partial charge in [0, 0.05) is 24.5 Å². The van der Waals surface area contributed by atoms with E-state index in [1.807, 2.05) is 30.3 Å². The number of para-hydroxylation sites is 1. The highest BCUT2D eigenvalue weighted by Crippen LogP contribution is 2.31. The number of rotatable bonds is 4. The van der Waals surface area contributed by atoms with Gasteiger partial charge in [0.2, 0.25) is 11.8 Å². The molecule has 2 aromatic rings. The van der Waals surface area contributed by atoms with Crippen molar-refractivity contribution in [3.8, 4) is 0 Å². The zero-order valence-electron chi connectivity index (χ0n) is 12.7. The predicted molar refractivity (Wildman–Crippen MR) is 89.8 cm³/mol. The van der Waals surface area contributed by atoms with Crippen LogP contribution >= 0.6 is 15.9 Å². The van der Waals surface area contributed by atoms with Gasteiger partial charge in [0.25, 0.3) is 0 Å². The first kappa shape index (κ1) is 15.8. The van der Waals surface area contributed by atoms with Crippen LogP contribution in [-0.2, 0) is 16.1 Å². The van der Waals surface area contributed by atoms with Crippen LogP contribution in [-0.4, -0.2) is 30.3 Å². The number of halogens is 1. The Morgan fingerprint density at radius 3 is 2.83 bits per heavy atom. The van der Waals surface area contributed by atoms with E-state index in [0.29, 0.717) is 13.1 Å². The summed E-state index contributed by atoms with van der Waals surface area (Å²) in [5, 5.41) is 0. The van der Waals surface area contributed by atoms with E-state index in [1.165, 1.54) is 0 Å². The van der Waals surface area contributed by atoms with E-state index in [2.05, 4.69) is 15.9 Å². The summed E-state index contributed by atoms with van der Waals surface area (Å²) in [6.45, 7) is 0.814. The fourth-order valence-electron chi connectivity index (χ4n) is 2.80. The van der Waals surface area contributed by atoms with E-state index in [1.54, 1.807) is 29.2 Å². The molecule has 1 aliphatic heterocycles. The molecule has 0 aliphatic carbocycles. The fourth-order valence-corrected chi connectivity index (χ4v) is 3.30. The lowest BCUT2D eigenvalue weighted by Gasteiger charge is -2.21. The first-order valence-electron chi connectivity index (χ1n) is 7.38. The second-order valence-corrected chi connectivity index (χ2v) is 6.48. The van der Waals surface area contributed by atoms with Gasteiger partial charge >= 0.3 is 0 Å². The van der Waals surface area contributed by atoms with Crippen LogP contribution in [0.15, 0.2) is 51.6 Å². The lowest BCUT2D eigenvalue weighted by molar-refractivity contribution is -0.135. The zero-order chi connectivity index (χ0) is 16.4. The summed E-state index contributed by atoms with van der Waals surface area (Å²) in [6, 6.07) is 11.2. The molecule has 120 valence electrons. The molecular formula is C17H17BrN2O3. The van der Waals surface area contributed by atoms with Gasteiger partial charge in [-0.15, -0.1) is 0 Å². The highest BCUT2D eigenvalue weighted by Gasteiger charge is 2.37. The van der Waals surface area contributed by atoms with Crippen molar-refractivity contribution in [2.75, 3.05) is 18.5 Å². The number of nitrogens with zero attached hydrogens (tertiary/aromatic N) is 2. The molecule has 0 N–H and O–H groups in total. The average molecular weight is 377 g/mol. The van der Waals surface area contributed by atoms with Crippen LogP contribution in [0.2, 0.25) is 0 Å². The van der Waals surface area contributed by atoms with Crippen molar-refractivity contribution in [2.24, 2.45) is 5.92 Å². The molecule has 23 heavy (non-hydrogen) atoms. The maximum absolute atomic E-state index is 12.6. The van der Waals surface area contributed by atoms with Gasteiger partial charge in [0.15, 0.2) is 0 Å². The zero-order valence-corrected chi connectivity index (χ0v) is 14.3. The topological polar surface area (TPSA) is 53.8 Å². The highest BCUT2D eigenvalue weighted by atomic mass is 79.9. The van der Waals surface area contributed by atoms with Crippen LogP contribution in [0.1, 0.15) is 12.2 Å². The molecule has 3 rings (SSSR count). The Bertz CT molecular complexity index is 714. The summed E-state index contributed by atoms with van der Waals surface area (Å²) in [7, 11) is 1.73. The summed E-state index contributed by atoms with van der Waals surface area (Å²) < 4.78 is 6.12. The number of furan rings is 1. The first-order chi connectivity index (χ1) is 11.1. The number of carbonyl (C=O) groups excluding carboxylic acids is 2. The van der Waals surface area contributed by atoms with E-state index < -0.39 is 0 Å². The van der Waals surface area contributed by atoms with Gasteiger partial charge in [-0.2, -0.15) is 0 Å². The van der Waals surface area contributed by atoms with Gasteiger partial charge in [-0.1, -0.05) is 12.1 Å². The molecule has 1 fully saturated rings. The van der Waals surface area contributed by atoms with Crippen molar-refractivity contribution < 1.29 is 14.0 Å². The number of hydrogen-bond acceptors (Lipinski definition) is 3. The maximum atomic E-state index is 12.6. The van der Waals surface area contributed by atoms with Crippen LogP contribution < -0.4 is 4.90 Å². The van der Waals surface area contributed by atoms with Gasteiger partial charge in [0.05, 0.1) is 24.4 Å². The Hall–Kier alpha value is -2.08. The third-order valence-electron chi connectivity index (χ3n) is 3.97. The minimum absolute atomic E-state index is 0.0263. The van der Waals surface area contributed by atoms with Crippen LogP contribution in [0.4, 0.5) is 5.69 Å². The molecule has 1 aromatic carbocycles. The van der Waals surface area contributed by atoms with E-state index in [0.717, 1.165) is 15.9 Å². The molecule has 1 unspecified atom stereocenters. The molecule has 5 nitrogen and oxygen atoms in total. The standard InChI is InChI=1S/C17H17BrN2O3/c1-19(11-13-5-4-8-23-13)17(22)12-9-16(21)20(10-12)15-7-3-2-6-14(15)18/h2-8,12H,9-11H2,1H3. The number of carbonyl (C=O) groups is 2. The Morgan fingerprint density at radius 1 is 1.35 bits per heavy atom. The fraction of sp³-hybridized carbons (Fsp3) is 0.294. The highest BCUT2D eigenvalue weighted by molar-refractivity contribution is 9.10. The van der Waals surface area contributed by atoms with Crippen LogP contribution in [0.5, 0.6) is 0 Å². The first-order valence-corrected chi connectivity index (χ1v) is 8.18. The third kappa shape index (κ3) is 3.32.